The molecule has 0 aromatic heterocycles. The van der Waals surface area contributed by atoms with E-state index in [2.05, 4.69) is 57.2 Å². The summed E-state index contributed by atoms with van der Waals surface area (Å²) in [6, 6.07) is 0. The topological polar surface area (TPSA) is 78.9 Å². The van der Waals surface area contributed by atoms with E-state index in [9.17, 15) is 14.4 Å². The number of hydrogen-bond acceptors (Lipinski definition) is 6. The number of rotatable bonds is 68. The summed E-state index contributed by atoms with van der Waals surface area (Å²) in [4.78, 5) is 38.5. The Labute approximate surface area is 506 Å². The van der Waals surface area contributed by atoms with E-state index in [1.165, 1.54) is 295 Å². The molecule has 1 atom stereocenters. The van der Waals surface area contributed by atoms with Crippen LogP contribution in [0.5, 0.6) is 0 Å². The second kappa shape index (κ2) is 70.1. The zero-order chi connectivity index (χ0) is 58.5. The second-order valence-electron chi connectivity index (χ2n) is 24.9. The Hall–Kier alpha value is -2.37. The average Bonchev–Trinajstić information content (AvgIpc) is 3.47. The molecule has 0 saturated heterocycles. The quantitative estimate of drug-likeness (QED) is 0.0261. The lowest BCUT2D eigenvalue weighted by molar-refractivity contribution is -0.167. The largest absolute Gasteiger partial charge is 0.462 e. The van der Waals surface area contributed by atoms with Gasteiger partial charge in [-0.15, -0.1) is 0 Å². The van der Waals surface area contributed by atoms with Gasteiger partial charge < -0.3 is 14.2 Å². The summed E-state index contributed by atoms with van der Waals surface area (Å²) in [7, 11) is 0. The predicted molar refractivity (Wildman–Crippen MR) is 353 cm³/mol. The first-order chi connectivity index (χ1) is 40.0. The van der Waals surface area contributed by atoms with Gasteiger partial charge in [0.15, 0.2) is 6.10 Å². The van der Waals surface area contributed by atoms with E-state index in [1.54, 1.807) is 0 Å². The Morgan fingerprint density at radius 3 is 0.704 bits per heavy atom. The molecule has 6 heteroatoms. The minimum absolute atomic E-state index is 0.0706. The number of unbranched alkanes of at least 4 members (excludes halogenated alkanes) is 51. The fourth-order valence-electron chi connectivity index (χ4n) is 11.1. The molecule has 0 radical (unpaired) electrons. The van der Waals surface area contributed by atoms with Crippen LogP contribution in [0, 0.1) is 0 Å². The SMILES string of the molecule is CCCCCC/C=C\C/C=C\CCCCCCCCCC(=O)OCC(COC(=O)CCCCCCCCCCCCCCCCCCCCCCCCCCCC)OC(=O)CCCCCCCCCCC/C=C\CCCCCCCC. The van der Waals surface area contributed by atoms with Gasteiger partial charge in [0, 0.05) is 19.3 Å². The third-order valence-corrected chi connectivity index (χ3v) is 16.6. The van der Waals surface area contributed by atoms with Crippen molar-refractivity contribution in [2.75, 3.05) is 13.2 Å². The summed E-state index contributed by atoms with van der Waals surface area (Å²) in [5, 5.41) is 0. The molecule has 0 bridgehead atoms. The lowest BCUT2D eigenvalue weighted by Crippen LogP contribution is -2.30. The van der Waals surface area contributed by atoms with Crippen LogP contribution in [0.15, 0.2) is 36.5 Å². The molecular formula is C75H140O6. The van der Waals surface area contributed by atoms with Gasteiger partial charge in [0.2, 0.25) is 0 Å². The molecule has 0 aromatic rings. The highest BCUT2D eigenvalue weighted by atomic mass is 16.6. The number of hydrogen-bond donors (Lipinski definition) is 0. The zero-order valence-electron chi connectivity index (χ0n) is 54.8. The van der Waals surface area contributed by atoms with Gasteiger partial charge in [0.1, 0.15) is 13.2 Å². The Kier molecular flexibility index (Phi) is 68.1. The minimum atomic E-state index is -0.776. The Morgan fingerprint density at radius 1 is 0.247 bits per heavy atom. The van der Waals surface area contributed by atoms with Crippen LogP contribution in [-0.4, -0.2) is 37.2 Å². The fourth-order valence-corrected chi connectivity index (χ4v) is 11.1. The van der Waals surface area contributed by atoms with Crippen LogP contribution in [0.2, 0.25) is 0 Å². The van der Waals surface area contributed by atoms with Gasteiger partial charge in [-0.05, 0) is 77.0 Å². The van der Waals surface area contributed by atoms with Crippen molar-refractivity contribution in [3.8, 4) is 0 Å². The van der Waals surface area contributed by atoms with Crippen molar-refractivity contribution in [3.05, 3.63) is 36.5 Å². The van der Waals surface area contributed by atoms with E-state index in [0.717, 1.165) is 70.6 Å². The van der Waals surface area contributed by atoms with Crippen LogP contribution in [0.25, 0.3) is 0 Å². The smallest absolute Gasteiger partial charge is 0.306 e. The van der Waals surface area contributed by atoms with E-state index >= 15 is 0 Å². The van der Waals surface area contributed by atoms with Gasteiger partial charge >= 0.3 is 17.9 Å². The van der Waals surface area contributed by atoms with Gasteiger partial charge in [-0.25, -0.2) is 0 Å². The lowest BCUT2D eigenvalue weighted by Gasteiger charge is -2.18. The third kappa shape index (κ3) is 68.3. The molecule has 0 amide bonds. The standard InChI is InChI=1S/C75H140O6/c1-4-7-10-13-16-19-22-25-28-31-34-35-36-37-38-39-40-42-44-47-50-53-56-59-62-65-68-74(77)80-71-72(70-79-73(76)67-64-61-58-55-52-49-46-43-33-30-27-24-21-18-15-12-9-6-3)81-75(78)69-66-63-60-57-54-51-48-45-41-32-29-26-23-20-17-14-11-8-5-2/h21,24,26,29-30,33,72H,4-20,22-23,25,27-28,31-32,34-71H2,1-3H3/b24-21-,29-26-,33-30-. The maximum atomic E-state index is 13.0. The zero-order valence-corrected chi connectivity index (χ0v) is 54.8. The molecule has 0 aliphatic rings. The summed E-state index contributed by atoms with van der Waals surface area (Å²) < 4.78 is 17.0. The maximum absolute atomic E-state index is 13.0. The van der Waals surface area contributed by atoms with Crippen molar-refractivity contribution in [1.82, 2.24) is 0 Å². The third-order valence-electron chi connectivity index (χ3n) is 16.6. The molecule has 0 aromatic carbocycles. The summed E-state index contributed by atoms with van der Waals surface area (Å²) in [6.45, 7) is 6.69. The molecule has 81 heavy (non-hydrogen) atoms. The summed E-state index contributed by atoms with van der Waals surface area (Å²) >= 11 is 0. The Bertz CT molecular complexity index is 1350. The van der Waals surface area contributed by atoms with E-state index in [0.29, 0.717) is 19.3 Å². The number of allylic oxidation sites excluding steroid dienone is 6. The molecule has 6 nitrogen and oxygen atoms in total. The van der Waals surface area contributed by atoms with Gasteiger partial charge in [0.25, 0.3) is 0 Å². The first kappa shape index (κ1) is 78.6. The molecule has 0 fully saturated rings. The molecule has 476 valence electrons. The van der Waals surface area contributed by atoms with Gasteiger partial charge in [-0.2, -0.15) is 0 Å². The van der Waals surface area contributed by atoms with E-state index in [-0.39, 0.29) is 31.1 Å². The molecule has 0 aliphatic heterocycles. The Morgan fingerprint density at radius 2 is 0.444 bits per heavy atom. The molecule has 0 saturated carbocycles. The Balaban J connectivity index is 4.27. The summed E-state index contributed by atoms with van der Waals surface area (Å²) in [5.74, 6) is -0.850. The van der Waals surface area contributed by atoms with Crippen LogP contribution in [0.4, 0.5) is 0 Å². The number of carbonyl (C=O) groups excluding carboxylic acids is 3. The van der Waals surface area contributed by atoms with Crippen LogP contribution in [0.1, 0.15) is 406 Å². The summed E-state index contributed by atoms with van der Waals surface area (Å²) in [5.41, 5.74) is 0. The molecule has 1 unspecified atom stereocenters. The first-order valence-corrected chi connectivity index (χ1v) is 36.5. The van der Waals surface area contributed by atoms with Crippen molar-refractivity contribution < 1.29 is 28.6 Å². The van der Waals surface area contributed by atoms with Crippen molar-refractivity contribution in [2.24, 2.45) is 0 Å². The predicted octanol–water partition coefficient (Wildman–Crippen LogP) is 25.1. The molecule has 0 rings (SSSR count). The van der Waals surface area contributed by atoms with Crippen LogP contribution in [-0.2, 0) is 28.6 Å². The minimum Gasteiger partial charge on any atom is -0.462 e. The summed E-state index contributed by atoms with van der Waals surface area (Å²) in [6.07, 6.45) is 87.5. The average molecular weight is 1140 g/mol. The van der Waals surface area contributed by atoms with Crippen molar-refractivity contribution in [1.29, 1.82) is 0 Å². The second-order valence-corrected chi connectivity index (χ2v) is 24.9. The highest BCUT2D eigenvalue weighted by Crippen LogP contribution is 2.19. The van der Waals surface area contributed by atoms with Crippen molar-refractivity contribution >= 4 is 17.9 Å². The molecule has 0 aliphatic carbocycles. The van der Waals surface area contributed by atoms with Crippen LogP contribution < -0.4 is 0 Å². The first-order valence-electron chi connectivity index (χ1n) is 36.5. The molecular weight excluding hydrogens is 997 g/mol. The highest BCUT2D eigenvalue weighted by Gasteiger charge is 2.19. The van der Waals surface area contributed by atoms with Crippen molar-refractivity contribution in [3.63, 3.8) is 0 Å². The van der Waals surface area contributed by atoms with E-state index in [1.807, 2.05) is 0 Å². The molecule has 0 N–H and O–H groups in total. The van der Waals surface area contributed by atoms with Gasteiger partial charge in [-0.1, -0.05) is 346 Å². The number of carbonyl (C=O) groups is 3. The fraction of sp³-hybridized carbons (Fsp3) is 0.880. The monoisotopic (exact) mass is 1140 g/mol. The van der Waals surface area contributed by atoms with Gasteiger partial charge in [0.05, 0.1) is 0 Å². The van der Waals surface area contributed by atoms with E-state index in [4.69, 9.17) is 14.2 Å². The number of ether oxygens (including phenoxy) is 3. The highest BCUT2D eigenvalue weighted by molar-refractivity contribution is 5.71. The van der Waals surface area contributed by atoms with Crippen molar-refractivity contribution in [2.45, 2.75) is 412 Å². The normalized spacial score (nSPS) is 12.2. The van der Waals surface area contributed by atoms with Crippen LogP contribution in [0.3, 0.4) is 0 Å². The van der Waals surface area contributed by atoms with E-state index < -0.39 is 6.10 Å². The number of esters is 3. The van der Waals surface area contributed by atoms with Gasteiger partial charge in [-0.3, -0.25) is 14.4 Å². The maximum Gasteiger partial charge on any atom is 0.306 e. The lowest BCUT2D eigenvalue weighted by atomic mass is 10.0. The van der Waals surface area contributed by atoms with Crippen LogP contribution >= 0.6 is 0 Å². The molecule has 0 heterocycles. The molecule has 0 spiro atoms.